The number of carbonyl (C=O) groups is 1. The summed E-state index contributed by atoms with van der Waals surface area (Å²) in [5.74, 6) is 0.952. The summed E-state index contributed by atoms with van der Waals surface area (Å²) >= 11 is 9.36. The molecule has 2 N–H and O–H groups in total. The Hall–Kier alpha value is -2.31. The van der Waals surface area contributed by atoms with Gasteiger partial charge in [-0.3, -0.25) is 9.89 Å². The van der Waals surface area contributed by atoms with Gasteiger partial charge in [-0.2, -0.15) is 5.10 Å². The van der Waals surface area contributed by atoms with Crippen LogP contribution in [0, 0.1) is 0 Å². The number of aromatic nitrogens is 2. The highest BCUT2D eigenvalue weighted by Gasteiger charge is 2.25. The molecule has 1 aliphatic rings. The fourth-order valence-electron chi connectivity index (χ4n) is 3.40. The number of amides is 1. The Morgan fingerprint density at radius 2 is 1.96 bits per heavy atom. The van der Waals surface area contributed by atoms with Gasteiger partial charge in [0.15, 0.2) is 5.82 Å². The SMILES string of the molecule is O=C(Cc1ccc(Br)cc1)N[C@@H]1CCN(c2cc(-c3ccc(Cl)cc3)[nH]n2)C1. The molecule has 1 fully saturated rings. The van der Waals surface area contributed by atoms with Crippen molar-refractivity contribution in [3.05, 3.63) is 69.7 Å². The molecule has 1 aromatic heterocycles. The van der Waals surface area contributed by atoms with E-state index in [-0.39, 0.29) is 11.9 Å². The van der Waals surface area contributed by atoms with Gasteiger partial charge in [0.2, 0.25) is 5.91 Å². The van der Waals surface area contributed by atoms with Gasteiger partial charge in [0.05, 0.1) is 12.1 Å². The molecule has 4 rings (SSSR count). The van der Waals surface area contributed by atoms with E-state index in [2.05, 4.69) is 36.3 Å². The van der Waals surface area contributed by atoms with E-state index in [1.807, 2.05) is 54.6 Å². The number of halogens is 2. The number of aromatic amines is 1. The van der Waals surface area contributed by atoms with Gasteiger partial charge in [-0.15, -0.1) is 0 Å². The molecule has 1 aliphatic heterocycles. The predicted molar refractivity (Wildman–Crippen MR) is 116 cm³/mol. The van der Waals surface area contributed by atoms with Crippen LogP contribution in [-0.4, -0.2) is 35.2 Å². The van der Waals surface area contributed by atoms with E-state index < -0.39 is 0 Å². The number of carbonyl (C=O) groups excluding carboxylic acids is 1. The van der Waals surface area contributed by atoms with Crippen molar-refractivity contribution in [2.75, 3.05) is 18.0 Å². The van der Waals surface area contributed by atoms with Crippen LogP contribution in [0.1, 0.15) is 12.0 Å². The van der Waals surface area contributed by atoms with Crippen molar-refractivity contribution in [1.82, 2.24) is 15.5 Å². The summed E-state index contributed by atoms with van der Waals surface area (Å²) in [5.41, 5.74) is 3.01. The third-order valence-electron chi connectivity index (χ3n) is 4.87. The third-order valence-corrected chi connectivity index (χ3v) is 5.66. The van der Waals surface area contributed by atoms with Gasteiger partial charge >= 0.3 is 0 Å². The zero-order valence-electron chi connectivity index (χ0n) is 15.2. The highest BCUT2D eigenvalue weighted by Crippen LogP contribution is 2.25. The molecule has 7 heteroatoms. The van der Waals surface area contributed by atoms with Crippen molar-refractivity contribution in [2.45, 2.75) is 18.9 Å². The molecule has 144 valence electrons. The predicted octanol–water partition coefficient (Wildman–Crippen LogP) is 4.43. The fourth-order valence-corrected chi connectivity index (χ4v) is 3.79. The largest absolute Gasteiger partial charge is 0.353 e. The molecule has 2 heterocycles. The Balaban J connectivity index is 1.33. The minimum absolute atomic E-state index is 0.0538. The van der Waals surface area contributed by atoms with Crippen LogP contribution >= 0.6 is 27.5 Å². The summed E-state index contributed by atoms with van der Waals surface area (Å²) in [6.07, 6.45) is 1.31. The summed E-state index contributed by atoms with van der Waals surface area (Å²) in [6, 6.07) is 17.7. The second kappa shape index (κ2) is 8.37. The topological polar surface area (TPSA) is 61.0 Å². The van der Waals surface area contributed by atoms with Gasteiger partial charge in [-0.05, 0) is 41.8 Å². The number of rotatable bonds is 5. The number of hydrogen-bond donors (Lipinski definition) is 2. The van der Waals surface area contributed by atoms with Crippen LogP contribution in [0.5, 0.6) is 0 Å². The highest BCUT2D eigenvalue weighted by molar-refractivity contribution is 9.10. The first kappa shape index (κ1) is 19.0. The van der Waals surface area contributed by atoms with Crippen molar-refractivity contribution >= 4 is 39.3 Å². The van der Waals surface area contributed by atoms with E-state index in [0.717, 1.165) is 46.6 Å². The molecule has 0 aliphatic carbocycles. The summed E-state index contributed by atoms with van der Waals surface area (Å²) in [5, 5.41) is 11.4. The third kappa shape index (κ3) is 4.56. The average molecular weight is 460 g/mol. The van der Waals surface area contributed by atoms with Crippen molar-refractivity contribution < 1.29 is 4.79 Å². The Bertz CT molecular complexity index is 955. The minimum Gasteiger partial charge on any atom is -0.353 e. The lowest BCUT2D eigenvalue weighted by Crippen LogP contribution is -2.38. The van der Waals surface area contributed by atoms with Crippen LogP contribution in [0.25, 0.3) is 11.3 Å². The molecule has 3 aromatic rings. The van der Waals surface area contributed by atoms with Crippen molar-refractivity contribution in [1.29, 1.82) is 0 Å². The van der Waals surface area contributed by atoms with E-state index in [1.165, 1.54) is 0 Å². The maximum atomic E-state index is 12.3. The lowest BCUT2D eigenvalue weighted by Gasteiger charge is -2.16. The summed E-state index contributed by atoms with van der Waals surface area (Å²) in [4.78, 5) is 14.5. The zero-order chi connectivity index (χ0) is 19.5. The normalized spacial score (nSPS) is 16.4. The number of anilines is 1. The first-order valence-corrected chi connectivity index (χ1v) is 10.3. The fraction of sp³-hybridized carbons (Fsp3) is 0.238. The van der Waals surface area contributed by atoms with Crippen LogP contribution in [0.4, 0.5) is 5.82 Å². The lowest BCUT2D eigenvalue weighted by molar-refractivity contribution is -0.121. The summed E-state index contributed by atoms with van der Waals surface area (Å²) in [6.45, 7) is 1.63. The molecule has 0 radical (unpaired) electrons. The van der Waals surface area contributed by atoms with Gasteiger partial charge in [0, 0.05) is 34.7 Å². The number of H-pyrrole nitrogens is 1. The molecule has 0 spiro atoms. The summed E-state index contributed by atoms with van der Waals surface area (Å²) in [7, 11) is 0. The maximum Gasteiger partial charge on any atom is 0.224 e. The Kier molecular flexibility index (Phi) is 5.69. The second-order valence-electron chi connectivity index (χ2n) is 6.95. The molecular weight excluding hydrogens is 440 g/mol. The maximum absolute atomic E-state index is 12.3. The Morgan fingerprint density at radius 3 is 2.71 bits per heavy atom. The number of nitrogens with one attached hydrogen (secondary N) is 2. The van der Waals surface area contributed by atoms with E-state index >= 15 is 0 Å². The standard InChI is InChI=1S/C21H20BrClN4O/c22-16-5-1-14(2-6-16)11-21(28)24-18-9-10-27(13-18)20-12-19(25-26-20)15-3-7-17(23)8-4-15/h1-8,12,18H,9-11,13H2,(H,24,28)(H,25,26)/t18-/m1/s1. The van der Waals surface area contributed by atoms with Crippen molar-refractivity contribution in [3.8, 4) is 11.3 Å². The van der Waals surface area contributed by atoms with Crippen LogP contribution in [-0.2, 0) is 11.2 Å². The van der Waals surface area contributed by atoms with Gasteiger partial charge in [-0.1, -0.05) is 51.8 Å². The van der Waals surface area contributed by atoms with Gasteiger partial charge in [0.1, 0.15) is 0 Å². The minimum atomic E-state index is 0.0538. The van der Waals surface area contributed by atoms with E-state index in [0.29, 0.717) is 11.4 Å². The second-order valence-corrected chi connectivity index (χ2v) is 8.30. The van der Waals surface area contributed by atoms with Crippen LogP contribution < -0.4 is 10.2 Å². The van der Waals surface area contributed by atoms with Crippen LogP contribution in [0.15, 0.2) is 59.1 Å². The number of hydrogen-bond acceptors (Lipinski definition) is 3. The molecule has 1 amide bonds. The zero-order valence-corrected chi connectivity index (χ0v) is 17.5. The molecule has 0 unspecified atom stereocenters. The molecule has 0 saturated carbocycles. The Morgan fingerprint density at radius 1 is 1.21 bits per heavy atom. The van der Waals surface area contributed by atoms with Gasteiger partial charge in [0.25, 0.3) is 0 Å². The summed E-state index contributed by atoms with van der Waals surface area (Å²) < 4.78 is 1.01. The molecule has 28 heavy (non-hydrogen) atoms. The highest BCUT2D eigenvalue weighted by atomic mass is 79.9. The number of nitrogens with zero attached hydrogens (tertiary/aromatic N) is 2. The Labute approximate surface area is 177 Å². The quantitative estimate of drug-likeness (QED) is 0.593. The average Bonchev–Trinajstić information content (AvgIpc) is 3.34. The van der Waals surface area contributed by atoms with Crippen molar-refractivity contribution in [2.24, 2.45) is 0 Å². The van der Waals surface area contributed by atoms with E-state index in [9.17, 15) is 4.79 Å². The van der Waals surface area contributed by atoms with E-state index in [1.54, 1.807) is 0 Å². The molecule has 1 atom stereocenters. The van der Waals surface area contributed by atoms with Crippen LogP contribution in [0.3, 0.4) is 0 Å². The van der Waals surface area contributed by atoms with Crippen LogP contribution in [0.2, 0.25) is 5.02 Å². The van der Waals surface area contributed by atoms with Gasteiger partial charge in [-0.25, -0.2) is 0 Å². The monoisotopic (exact) mass is 458 g/mol. The molecular formula is C21H20BrClN4O. The smallest absolute Gasteiger partial charge is 0.224 e. The number of benzene rings is 2. The molecule has 0 bridgehead atoms. The molecule has 5 nitrogen and oxygen atoms in total. The molecule has 2 aromatic carbocycles. The lowest BCUT2D eigenvalue weighted by atomic mass is 10.1. The van der Waals surface area contributed by atoms with Crippen molar-refractivity contribution in [3.63, 3.8) is 0 Å². The first-order chi connectivity index (χ1) is 13.6. The van der Waals surface area contributed by atoms with Gasteiger partial charge < -0.3 is 10.2 Å². The first-order valence-electron chi connectivity index (χ1n) is 9.17. The molecule has 1 saturated heterocycles. The van der Waals surface area contributed by atoms with E-state index in [4.69, 9.17) is 11.6 Å².